The van der Waals surface area contributed by atoms with E-state index in [1.807, 2.05) is 6.07 Å². The molecule has 1 aliphatic rings. The van der Waals surface area contributed by atoms with E-state index in [-0.39, 0.29) is 0 Å². The van der Waals surface area contributed by atoms with Crippen molar-refractivity contribution in [1.29, 1.82) is 0 Å². The largest absolute Gasteiger partial charge is 0.497 e. The zero-order chi connectivity index (χ0) is 13.8. The molecule has 0 radical (unpaired) electrons. The van der Waals surface area contributed by atoms with Crippen LogP contribution in [-0.4, -0.2) is 32.3 Å². The van der Waals surface area contributed by atoms with Gasteiger partial charge in [0.15, 0.2) is 0 Å². The van der Waals surface area contributed by atoms with Crippen LogP contribution in [0.3, 0.4) is 0 Å². The second kappa shape index (κ2) is 6.62. The highest BCUT2D eigenvalue weighted by molar-refractivity contribution is 9.10. The fourth-order valence-corrected chi connectivity index (χ4v) is 3.32. The molecule has 2 atom stereocenters. The first-order valence-electron chi connectivity index (χ1n) is 6.98. The summed E-state index contributed by atoms with van der Waals surface area (Å²) in [6.07, 6.45) is 2.40. The van der Waals surface area contributed by atoms with Gasteiger partial charge in [-0.05, 0) is 38.4 Å². The number of piperidine rings is 1. The summed E-state index contributed by atoms with van der Waals surface area (Å²) < 4.78 is 6.42. The van der Waals surface area contributed by atoms with E-state index in [0.717, 1.165) is 23.3 Å². The van der Waals surface area contributed by atoms with E-state index in [1.54, 1.807) is 7.11 Å². The number of halogens is 1. The number of nitrogens with zero attached hydrogens (tertiary/aromatic N) is 1. The van der Waals surface area contributed by atoms with Crippen LogP contribution in [0.5, 0.6) is 5.75 Å². The molecule has 0 saturated carbocycles. The molecule has 2 rings (SSSR count). The van der Waals surface area contributed by atoms with E-state index < -0.39 is 0 Å². The number of nitrogens with one attached hydrogen (secondary N) is 1. The minimum Gasteiger partial charge on any atom is -0.497 e. The molecule has 1 heterocycles. The molecule has 1 fully saturated rings. The van der Waals surface area contributed by atoms with E-state index in [4.69, 9.17) is 4.74 Å². The molecule has 0 amide bonds. The van der Waals surface area contributed by atoms with Gasteiger partial charge >= 0.3 is 0 Å². The summed E-state index contributed by atoms with van der Waals surface area (Å²) in [5.74, 6) is 0.908. The van der Waals surface area contributed by atoms with Crippen molar-refractivity contribution in [2.45, 2.75) is 38.8 Å². The average Bonchev–Trinajstić information content (AvgIpc) is 2.38. The minimum atomic E-state index is 0.553. The van der Waals surface area contributed by atoms with Gasteiger partial charge in [0, 0.05) is 34.9 Å². The average molecular weight is 327 g/mol. The molecule has 1 aliphatic heterocycles. The lowest BCUT2D eigenvalue weighted by Crippen LogP contribution is -2.47. The van der Waals surface area contributed by atoms with E-state index in [0.29, 0.717) is 12.1 Å². The van der Waals surface area contributed by atoms with E-state index in [1.165, 1.54) is 18.5 Å². The predicted octanol–water partition coefficient (Wildman–Crippen LogP) is 3.42. The van der Waals surface area contributed by atoms with Gasteiger partial charge < -0.3 is 15.0 Å². The summed E-state index contributed by atoms with van der Waals surface area (Å²) in [6, 6.07) is 7.50. The quantitative estimate of drug-likeness (QED) is 0.917. The number of benzene rings is 1. The highest BCUT2D eigenvalue weighted by Gasteiger charge is 2.25. The van der Waals surface area contributed by atoms with Crippen molar-refractivity contribution < 1.29 is 4.74 Å². The topological polar surface area (TPSA) is 24.5 Å². The van der Waals surface area contributed by atoms with Gasteiger partial charge in [-0.25, -0.2) is 0 Å². The van der Waals surface area contributed by atoms with Crippen LogP contribution in [0.4, 0.5) is 5.69 Å². The number of rotatable bonds is 4. The molecule has 0 aliphatic carbocycles. The second-order valence-electron chi connectivity index (χ2n) is 5.17. The highest BCUT2D eigenvalue weighted by Crippen LogP contribution is 2.31. The van der Waals surface area contributed by atoms with Crippen molar-refractivity contribution in [1.82, 2.24) is 5.32 Å². The Labute approximate surface area is 124 Å². The SMILES string of the molecule is CCNC1CCN(c2cc(Br)cc(OC)c2)C(C)C1. The van der Waals surface area contributed by atoms with Crippen molar-refractivity contribution in [3.05, 3.63) is 22.7 Å². The lowest BCUT2D eigenvalue weighted by atomic mass is 9.97. The van der Waals surface area contributed by atoms with Crippen molar-refractivity contribution >= 4 is 21.6 Å². The maximum absolute atomic E-state index is 5.35. The summed E-state index contributed by atoms with van der Waals surface area (Å²) in [5.41, 5.74) is 1.24. The Hall–Kier alpha value is -0.740. The summed E-state index contributed by atoms with van der Waals surface area (Å²) in [6.45, 7) is 6.63. The van der Waals surface area contributed by atoms with Gasteiger partial charge in [-0.3, -0.25) is 0 Å². The van der Waals surface area contributed by atoms with Crippen LogP contribution < -0.4 is 15.0 Å². The molecular weight excluding hydrogens is 304 g/mol. The Balaban J connectivity index is 2.12. The molecule has 1 aromatic carbocycles. The Morgan fingerprint density at radius 3 is 2.84 bits per heavy atom. The van der Waals surface area contributed by atoms with Gasteiger partial charge in [-0.1, -0.05) is 22.9 Å². The Kier molecular flexibility index (Phi) is 5.11. The van der Waals surface area contributed by atoms with E-state index in [2.05, 4.69) is 52.1 Å². The first kappa shape index (κ1) is 14.7. The van der Waals surface area contributed by atoms with Crippen LogP contribution in [0, 0.1) is 0 Å². The van der Waals surface area contributed by atoms with Crippen molar-refractivity contribution in [2.24, 2.45) is 0 Å². The number of anilines is 1. The van der Waals surface area contributed by atoms with Gasteiger partial charge in [-0.2, -0.15) is 0 Å². The third kappa shape index (κ3) is 3.63. The third-order valence-electron chi connectivity index (χ3n) is 3.79. The monoisotopic (exact) mass is 326 g/mol. The van der Waals surface area contributed by atoms with Gasteiger partial charge in [-0.15, -0.1) is 0 Å². The van der Waals surface area contributed by atoms with Gasteiger partial charge in [0.2, 0.25) is 0 Å². The van der Waals surface area contributed by atoms with Crippen molar-refractivity contribution in [3.8, 4) is 5.75 Å². The van der Waals surface area contributed by atoms with Crippen LogP contribution in [-0.2, 0) is 0 Å². The summed E-state index contributed by atoms with van der Waals surface area (Å²) in [7, 11) is 1.71. The number of methoxy groups -OCH3 is 1. The molecule has 1 aromatic rings. The molecule has 1 N–H and O–H groups in total. The molecule has 0 aromatic heterocycles. The van der Waals surface area contributed by atoms with Crippen LogP contribution in [0.15, 0.2) is 22.7 Å². The van der Waals surface area contributed by atoms with Crippen LogP contribution in [0.2, 0.25) is 0 Å². The summed E-state index contributed by atoms with van der Waals surface area (Å²) >= 11 is 3.56. The first-order chi connectivity index (χ1) is 9.13. The second-order valence-corrected chi connectivity index (χ2v) is 6.09. The minimum absolute atomic E-state index is 0.553. The molecule has 2 unspecified atom stereocenters. The lowest BCUT2D eigenvalue weighted by molar-refractivity contribution is 0.373. The number of hydrogen-bond donors (Lipinski definition) is 1. The predicted molar refractivity (Wildman–Crippen MR) is 84.2 cm³/mol. The van der Waals surface area contributed by atoms with Gasteiger partial charge in [0.25, 0.3) is 0 Å². The maximum Gasteiger partial charge on any atom is 0.122 e. The Morgan fingerprint density at radius 1 is 1.42 bits per heavy atom. The van der Waals surface area contributed by atoms with Crippen LogP contribution >= 0.6 is 15.9 Å². The number of hydrogen-bond acceptors (Lipinski definition) is 3. The molecule has 1 saturated heterocycles. The smallest absolute Gasteiger partial charge is 0.122 e. The van der Waals surface area contributed by atoms with Crippen molar-refractivity contribution in [2.75, 3.05) is 25.1 Å². The first-order valence-corrected chi connectivity index (χ1v) is 7.78. The fourth-order valence-electron chi connectivity index (χ4n) is 2.86. The fraction of sp³-hybridized carbons (Fsp3) is 0.600. The highest BCUT2D eigenvalue weighted by atomic mass is 79.9. The number of ether oxygens (including phenoxy) is 1. The zero-order valence-electron chi connectivity index (χ0n) is 11.9. The Morgan fingerprint density at radius 2 is 2.21 bits per heavy atom. The van der Waals surface area contributed by atoms with Crippen LogP contribution in [0.25, 0.3) is 0 Å². The van der Waals surface area contributed by atoms with Crippen molar-refractivity contribution in [3.63, 3.8) is 0 Å². The van der Waals surface area contributed by atoms with Crippen LogP contribution in [0.1, 0.15) is 26.7 Å². The molecule has 0 spiro atoms. The molecule has 0 bridgehead atoms. The zero-order valence-corrected chi connectivity index (χ0v) is 13.5. The standard InChI is InChI=1S/C15H23BrN2O/c1-4-17-13-5-6-18(11(2)7-13)14-8-12(16)9-15(10-14)19-3/h8-11,13,17H,4-7H2,1-3H3. The van der Waals surface area contributed by atoms with Gasteiger partial charge in [0.05, 0.1) is 7.11 Å². The lowest BCUT2D eigenvalue weighted by Gasteiger charge is -2.39. The van der Waals surface area contributed by atoms with E-state index in [9.17, 15) is 0 Å². The maximum atomic E-state index is 5.35. The molecule has 4 heteroatoms. The Bertz CT molecular complexity index is 425. The molecule has 19 heavy (non-hydrogen) atoms. The normalized spacial score (nSPS) is 23.5. The van der Waals surface area contributed by atoms with Gasteiger partial charge in [0.1, 0.15) is 5.75 Å². The summed E-state index contributed by atoms with van der Waals surface area (Å²) in [5, 5.41) is 3.56. The van der Waals surface area contributed by atoms with E-state index >= 15 is 0 Å². The molecule has 3 nitrogen and oxygen atoms in total. The molecular formula is C15H23BrN2O. The molecule has 106 valence electrons. The third-order valence-corrected chi connectivity index (χ3v) is 4.25. The summed E-state index contributed by atoms with van der Waals surface area (Å²) in [4.78, 5) is 2.47.